The van der Waals surface area contributed by atoms with Gasteiger partial charge in [0.05, 0.1) is 20.2 Å². The molecule has 188 valence electrons. The van der Waals surface area contributed by atoms with Crippen LogP contribution in [0.3, 0.4) is 0 Å². The van der Waals surface area contributed by atoms with Crippen molar-refractivity contribution in [2.24, 2.45) is 0 Å². The van der Waals surface area contributed by atoms with Crippen molar-refractivity contribution in [1.82, 2.24) is 5.32 Å². The molecule has 0 radical (unpaired) electrons. The first-order valence-corrected chi connectivity index (χ1v) is 12.8. The van der Waals surface area contributed by atoms with Crippen LogP contribution < -0.4 is 20.3 Å². The van der Waals surface area contributed by atoms with Crippen LogP contribution in [0.2, 0.25) is 10.0 Å². The molecule has 0 unspecified atom stereocenters. The number of nitrogens with one attached hydrogen (secondary N) is 2. The highest BCUT2D eigenvalue weighted by Gasteiger charge is 2.37. The standard InChI is InChI=1S/C25H15Br2Cl2N3O5/c26-14-8-13(22(18(27)10-14)37-12-21(33)30-15-4-2-1-3-5-15)9-17-23(34)31-25(36)32(24(17)35)16-6-7-19(28)20(29)11-16/h1-11H,12H2,(H,30,33)(H,31,34,36)/b17-9-. The number of halogens is 4. The molecule has 0 bridgehead atoms. The van der Waals surface area contributed by atoms with Crippen LogP contribution in [0.5, 0.6) is 5.75 Å². The van der Waals surface area contributed by atoms with E-state index in [1.54, 1.807) is 36.4 Å². The number of hydrogen-bond acceptors (Lipinski definition) is 5. The fourth-order valence-electron chi connectivity index (χ4n) is 3.37. The van der Waals surface area contributed by atoms with Crippen molar-refractivity contribution in [3.63, 3.8) is 0 Å². The highest BCUT2D eigenvalue weighted by Crippen LogP contribution is 2.35. The van der Waals surface area contributed by atoms with Gasteiger partial charge in [-0.1, -0.05) is 57.3 Å². The van der Waals surface area contributed by atoms with Crippen molar-refractivity contribution in [1.29, 1.82) is 0 Å². The summed E-state index contributed by atoms with van der Waals surface area (Å²) in [6.45, 7) is -0.348. The topological polar surface area (TPSA) is 105 Å². The maximum absolute atomic E-state index is 13.3. The van der Waals surface area contributed by atoms with Crippen molar-refractivity contribution in [3.05, 3.63) is 90.8 Å². The van der Waals surface area contributed by atoms with Gasteiger partial charge in [-0.15, -0.1) is 0 Å². The number of imide groups is 2. The van der Waals surface area contributed by atoms with Crippen LogP contribution in [0, 0.1) is 0 Å². The Morgan fingerprint density at radius 1 is 1.00 bits per heavy atom. The summed E-state index contributed by atoms with van der Waals surface area (Å²) in [6, 6.07) is 15.4. The molecule has 0 aliphatic carbocycles. The van der Waals surface area contributed by atoms with Crippen molar-refractivity contribution in [2.45, 2.75) is 0 Å². The predicted octanol–water partition coefficient (Wildman–Crippen LogP) is 6.20. The van der Waals surface area contributed by atoms with E-state index in [2.05, 4.69) is 42.5 Å². The number of rotatable bonds is 6. The number of carbonyl (C=O) groups excluding carboxylic acids is 4. The highest BCUT2D eigenvalue weighted by atomic mass is 79.9. The summed E-state index contributed by atoms with van der Waals surface area (Å²) in [7, 11) is 0. The molecule has 37 heavy (non-hydrogen) atoms. The van der Waals surface area contributed by atoms with Gasteiger partial charge in [0.1, 0.15) is 11.3 Å². The average Bonchev–Trinajstić information content (AvgIpc) is 2.83. The molecule has 1 aliphatic heterocycles. The van der Waals surface area contributed by atoms with Crippen LogP contribution in [0.15, 0.2) is 75.2 Å². The summed E-state index contributed by atoms with van der Waals surface area (Å²) in [6.07, 6.45) is 1.27. The molecule has 2 N–H and O–H groups in total. The maximum atomic E-state index is 13.3. The second-order valence-electron chi connectivity index (χ2n) is 7.57. The van der Waals surface area contributed by atoms with Gasteiger partial charge in [0.15, 0.2) is 6.61 Å². The van der Waals surface area contributed by atoms with E-state index in [0.29, 0.717) is 20.2 Å². The lowest BCUT2D eigenvalue weighted by atomic mass is 10.1. The van der Waals surface area contributed by atoms with E-state index < -0.39 is 23.8 Å². The van der Waals surface area contributed by atoms with Gasteiger partial charge < -0.3 is 10.1 Å². The SMILES string of the molecule is O=C(COc1c(Br)cc(Br)cc1/C=C1/C(=O)NC(=O)N(c2ccc(Cl)c(Cl)c2)C1=O)Nc1ccccc1. The number of carbonyl (C=O) groups is 4. The Hall–Kier alpha value is -3.18. The molecule has 4 rings (SSSR count). The van der Waals surface area contributed by atoms with Crippen LogP contribution in [0.25, 0.3) is 6.08 Å². The fraction of sp³-hybridized carbons (Fsp3) is 0.0400. The Morgan fingerprint density at radius 3 is 2.43 bits per heavy atom. The van der Waals surface area contributed by atoms with Crippen molar-refractivity contribution < 1.29 is 23.9 Å². The largest absolute Gasteiger partial charge is 0.482 e. The van der Waals surface area contributed by atoms with Gasteiger partial charge in [-0.25, -0.2) is 9.69 Å². The fourth-order valence-corrected chi connectivity index (χ4v) is 5.03. The first-order valence-electron chi connectivity index (χ1n) is 10.5. The van der Waals surface area contributed by atoms with E-state index in [9.17, 15) is 19.2 Å². The molecule has 0 spiro atoms. The lowest BCUT2D eigenvalue weighted by Gasteiger charge is -2.26. The zero-order valence-electron chi connectivity index (χ0n) is 18.6. The first-order chi connectivity index (χ1) is 17.6. The summed E-state index contributed by atoms with van der Waals surface area (Å²) >= 11 is 18.7. The molecule has 0 atom stereocenters. The summed E-state index contributed by atoms with van der Waals surface area (Å²) in [5.74, 6) is -1.98. The highest BCUT2D eigenvalue weighted by molar-refractivity contribution is 9.11. The van der Waals surface area contributed by atoms with E-state index in [-0.39, 0.29) is 33.7 Å². The number of hydrogen-bond donors (Lipinski definition) is 2. The monoisotopic (exact) mass is 665 g/mol. The van der Waals surface area contributed by atoms with Crippen LogP contribution in [-0.4, -0.2) is 30.4 Å². The molecular formula is C25H15Br2Cl2N3O5. The molecule has 3 aromatic carbocycles. The first kappa shape index (κ1) is 26.9. The molecule has 1 aliphatic rings. The average molecular weight is 668 g/mol. The maximum Gasteiger partial charge on any atom is 0.335 e. The molecule has 5 amide bonds. The van der Waals surface area contributed by atoms with E-state index in [0.717, 1.165) is 4.90 Å². The molecule has 8 nitrogen and oxygen atoms in total. The van der Waals surface area contributed by atoms with Crippen molar-refractivity contribution >= 4 is 96.3 Å². The smallest absolute Gasteiger partial charge is 0.335 e. The molecule has 1 heterocycles. The third-order valence-corrected chi connectivity index (χ3v) is 6.79. The minimum atomic E-state index is -0.935. The quantitative estimate of drug-likeness (QED) is 0.241. The Labute approximate surface area is 237 Å². The van der Waals surface area contributed by atoms with Crippen LogP contribution in [0.1, 0.15) is 5.56 Å². The summed E-state index contributed by atoms with van der Waals surface area (Å²) in [5, 5.41) is 5.21. The third-order valence-electron chi connectivity index (χ3n) is 5.01. The molecule has 0 saturated carbocycles. The number of benzene rings is 3. The Balaban J connectivity index is 1.64. The van der Waals surface area contributed by atoms with Crippen LogP contribution >= 0.6 is 55.1 Å². The van der Waals surface area contributed by atoms with E-state index >= 15 is 0 Å². The van der Waals surface area contributed by atoms with Gasteiger partial charge in [0.2, 0.25) is 0 Å². The molecule has 0 aromatic heterocycles. The van der Waals surface area contributed by atoms with Gasteiger partial charge in [-0.2, -0.15) is 0 Å². The number of anilines is 2. The second-order valence-corrected chi connectivity index (χ2v) is 10.1. The Kier molecular flexibility index (Phi) is 8.33. The number of urea groups is 1. The summed E-state index contributed by atoms with van der Waals surface area (Å²) < 4.78 is 6.82. The van der Waals surface area contributed by atoms with E-state index in [1.165, 1.54) is 24.3 Å². The van der Waals surface area contributed by atoms with E-state index in [1.807, 2.05) is 6.07 Å². The van der Waals surface area contributed by atoms with Gasteiger partial charge >= 0.3 is 6.03 Å². The Bertz CT molecular complexity index is 1460. The van der Waals surface area contributed by atoms with Gasteiger partial charge in [-0.05, 0) is 64.5 Å². The van der Waals surface area contributed by atoms with Gasteiger partial charge in [-0.3, -0.25) is 19.7 Å². The number of barbiturate groups is 1. The Morgan fingerprint density at radius 2 is 1.73 bits per heavy atom. The zero-order chi connectivity index (χ0) is 26.7. The lowest BCUT2D eigenvalue weighted by Crippen LogP contribution is -2.54. The molecular weight excluding hydrogens is 653 g/mol. The number of ether oxygens (including phenoxy) is 1. The minimum absolute atomic E-state index is 0.125. The molecule has 1 fully saturated rings. The molecule has 12 heteroatoms. The van der Waals surface area contributed by atoms with Crippen molar-refractivity contribution in [3.8, 4) is 5.75 Å². The van der Waals surface area contributed by atoms with E-state index in [4.69, 9.17) is 27.9 Å². The third kappa shape index (κ3) is 6.22. The molecule has 1 saturated heterocycles. The van der Waals surface area contributed by atoms with Gasteiger partial charge in [0.25, 0.3) is 17.7 Å². The minimum Gasteiger partial charge on any atom is -0.482 e. The molecule has 3 aromatic rings. The zero-order valence-corrected chi connectivity index (χ0v) is 23.2. The van der Waals surface area contributed by atoms with Crippen LogP contribution in [-0.2, 0) is 14.4 Å². The summed E-state index contributed by atoms with van der Waals surface area (Å²) in [5.41, 5.74) is 0.689. The summed E-state index contributed by atoms with van der Waals surface area (Å²) in [4.78, 5) is 51.6. The van der Waals surface area contributed by atoms with Crippen molar-refractivity contribution in [2.75, 3.05) is 16.8 Å². The normalized spacial score (nSPS) is 14.5. The number of nitrogens with zero attached hydrogens (tertiary/aromatic N) is 1. The van der Waals surface area contributed by atoms with Crippen LogP contribution in [0.4, 0.5) is 16.2 Å². The second kappa shape index (κ2) is 11.5. The number of para-hydroxylation sites is 1. The number of amides is 5. The van der Waals surface area contributed by atoms with Gasteiger partial charge in [0, 0.05) is 15.7 Å². The predicted molar refractivity (Wildman–Crippen MR) is 148 cm³/mol. The lowest BCUT2D eigenvalue weighted by molar-refractivity contribution is -0.122.